The Bertz CT molecular complexity index is 334. The number of likely N-dealkylation sites (tertiary alicyclic amines) is 1. The number of amides is 1. The Balaban J connectivity index is 1.37. The molecule has 3 aliphatic rings. The van der Waals surface area contributed by atoms with Crippen LogP contribution in [0.1, 0.15) is 32.6 Å². The molecule has 19 heavy (non-hydrogen) atoms. The summed E-state index contributed by atoms with van der Waals surface area (Å²) in [5.74, 6) is 0.111. The molecule has 3 fully saturated rings. The van der Waals surface area contributed by atoms with E-state index in [-0.39, 0.29) is 12.2 Å². The molecule has 1 N–H and O–H groups in total. The summed E-state index contributed by atoms with van der Waals surface area (Å²) in [5.41, 5.74) is 0.419. The molecule has 0 bridgehead atoms. The SMILES string of the molecule is CC(=O)NC1CC12CCN(CCC1OCCO1)CC2. The number of carbonyl (C=O) groups excluding carboxylic acids is 1. The highest BCUT2D eigenvalue weighted by molar-refractivity contribution is 5.73. The molecule has 1 unspecified atom stereocenters. The number of carbonyl (C=O) groups is 1. The quantitative estimate of drug-likeness (QED) is 0.817. The van der Waals surface area contributed by atoms with E-state index in [0.29, 0.717) is 11.5 Å². The van der Waals surface area contributed by atoms with Crippen LogP contribution in [0.15, 0.2) is 0 Å². The van der Waals surface area contributed by atoms with Gasteiger partial charge in [-0.05, 0) is 37.8 Å². The van der Waals surface area contributed by atoms with E-state index in [1.54, 1.807) is 6.92 Å². The number of hydrogen-bond acceptors (Lipinski definition) is 4. The molecule has 0 aromatic rings. The van der Waals surface area contributed by atoms with Crippen molar-refractivity contribution in [2.24, 2.45) is 5.41 Å². The second kappa shape index (κ2) is 5.38. The van der Waals surface area contributed by atoms with Crippen molar-refractivity contribution < 1.29 is 14.3 Å². The summed E-state index contributed by atoms with van der Waals surface area (Å²) in [6.07, 6.45) is 4.59. The Hall–Kier alpha value is -0.650. The number of nitrogens with zero attached hydrogens (tertiary/aromatic N) is 1. The van der Waals surface area contributed by atoms with Crippen molar-refractivity contribution in [2.45, 2.75) is 44.9 Å². The van der Waals surface area contributed by atoms with Gasteiger partial charge < -0.3 is 19.7 Å². The predicted octanol–water partition coefficient (Wildman–Crippen LogP) is 0.740. The van der Waals surface area contributed by atoms with Gasteiger partial charge in [-0.1, -0.05) is 0 Å². The van der Waals surface area contributed by atoms with Gasteiger partial charge in [-0.25, -0.2) is 0 Å². The number of hydrogen-bond donors (Lipinski definition) is 1. The van der Waals surface area contributed by atoms with Gasteiger partial charge in [0.15, 0.2) is 6.29 Å². The first-order valence-electron chi connectivity index (χ1n) is 7.41. The first-order valence-corrected chi connectivity index (χ1v) is 7.41. The highest BCUT2D eigenvalue weighted by Gasteiger charge is 2.55. The second-order valence-corrected chi connectivity index (χ2v) is 6.12. The number of ether oxygens (including phenoxy) is 2. The molecule has 0 aromatic heterocycles. The molecule has 1 aliphatic carbocycles. The van der Waals surface area contributed by atoms with Gasteiger partial charge in [-0.15, -0.1) is 0 Å². The molecule has 2 heterocycles. The molecule has 2 saturated heterocycles. The molecule has 2 aliphatic heterocycles. The van der Waals surface area contributed by atoms with Crippen LogP contribution in [0.5, 0.6) is 0 Å². The topological polar surface area (TPSA) is 50.8 Å². The molecule has 1 spiro atoms. The molecular formula is C14H24N2O3. The van der Waals surface area contributed by atoms with Gasteiger partial charge in [-0.3, -0.25) is 4.79 Å². The Kier molecular flexibility index (Phi) is 3.78. The van der Waals surface area contributed by atoms with Crippen LogP contribution < -0.4 is 5.32 Å². The van der Waals surface area contributed by atoms with Crippen molar-refractivity contribution in [3.63, 3.8) is 0 Å². The molecular weight excluding hydrogens is 244 g/mol. The van der Waals surface area contributed by atoms with Crippen LogP contribution in [-0.4, -0.2) is 56.0 Å². The van der Waals surface area contributed by atoms with Gasteiger partial charge in [0.1, 0.15) is 0 Å². The van der Waals surface area contributed by atoms with E-state index in [1.807, 2.05) is 0 Å². The average molecular weight is 268 g/mol. The van der Waals surface area contributed by atoms with Crippen LogP contribution >= 0.6 is 0 Å². The lowest BCUT2D eigenvalue weighted by Gasteiger charge is -2.33. The molecule has 108 valence electrons. The van der Waals surface area contributed by atoms with Gasteiger partial charge >= 0.3 is 0 Å². The molecule has 0 aromatic carbocycles. The maximum atomic E-state index is 11.1. The van der Waals surface area contributed by atoms with Gasteiger partial charge in [0.2, 0.25) is 5.91 Å². The molecule has 1 atom stereocenters. The summed E-state index contributed by atoms with van der Waals surface area (Å²) in [5, 5.41) is 3.07. The van der Waals surface area contributed by atoms with Crippen LogP contribution in [0.4, 0.5) is 0 Å². The van der Waals surface area contributed by atoms with E-state index >= 15 is 0 Å². The van der Waals surface area contributed by atoms with E-state index in [2.05, 4.69) is 10.2 Å². The third kappa shape index (κ3) is 3.09. The molecule has 1 saturated carbocycles. The number of rotatable bonds is 4. The molecule has 1 amide bonds. The van der Waals surface area contributed by atoms with Crippen LogP contribution in [-0.2, 0) is 14.3 Å². The largest absolute Gasteiger partial charge is 0.353 e. The minimum absolute atomic E-state index is 0.0175. The Labute approximate surface area is 114 Å². The summed E-state index contributed by atoms with van der Waals surface area (Å²) in [4.78, 5) is 13.6. The van der Waals surface area contributed by atoms with E-state index in [4.69, 9.17) is 9.47 Å². The van der Waals surface area contributed by atoms with Crippen molar-refractivity contribution in [3.8, 4) is 0 Å². The van der Waals surface area contributed by atoms with E-state index in [0.717, 1.165) is 39.3 Å². The molecule has 3 rings (SSSR count). The Morgan fingerprint density at radius 3 is 2.63 bits per heavy atom. The second-order valence-electron chi connectivity index (χ2n) is 6.12. The fourth-order valence-electron chi connectivity index (χ4n) is 3.43. The maximum Gasteiger partial charge on any atom is 0.217 e. The van der Waals surface area contributed by atoms with Gasteiger partial charge in [0, 0.05) is 25.9 Å². The standard InChI is InChI=1S/C14H24N2O3/c1-11(17)15-12-10-14(12)3-6-16(7-4-14)5-2-13-18-8-9-19-13/h12-13H,2-10H2,1H3,(H,15,17). The first kappa shape index (κ1) is 13.3. The zero-order valence-electron chi connectivity index (χ0n) is 11.7. The van der Waals surface area contributed by atoms with Crippen LogP contribution in [0.3, 0.4) is 0 Å². The molecule has 5 heteroatoms. The summed E-state index contributed by atoms with van der Waals surface area (Å²) >= 11 is 0. The predicted molar refractivity (Wildman–Crippen MR) is 70.6 cm³/mol. The average Bonchev–Trinajstić information content (AvgIpc) is 2.83. The third-order valence-corrected chi connectivity index (χ3v) is 4.79. The summed E-state index contributed by atoms with van der Waals surface area (Å²) in [6.45, 7) is 6.44. The zero-order valence-corrected chi connectivity index (χ0v) is 11.7. The highest BCUT2D eigenvalue weighted by atomic mass is 16.7. The summed E-state index contributed by atoms with van der Waals surface area (Å²) in [6, 6.07) is 0.439. The lowest BCUT2D eigenvalue weighted by molar-refractivity contribution is -0.119. The lowest BCUT2D eigenvalue weighted by Crippen LogP contribution is -2.39. The van der Waals surface area contributed by atoms with Crippen molar-refractivity contribution >= 4 is 5.91 Å². The minimum Gasteiger partial charge on any atom is -0.353 e. The van der Waals surface area contributed by atoms with Crippen molar-refractivity contribution in [3.05, 3.63) is 0 Å². The van der Waals surface area contributed by atoms with Crippen molar-refractivity contribution in [1.29, 1.82) is 0 Å². The van der Waals surface area contributed by atoms with Gasteiger partial charge in [0.05, 0.1) is 13.2 Å². The minimum atomic E-state index is 0.0175. The van der Waals surface area contributed by atoms with E-state index in [9.17, 15) is 4.79 Å². The monoisotopic (exact) mass is 268 g/mol. The first-order chi connectivity index (χ1) is 9.18. The van der Waals surface area contributed by atoms with E-state index < -0.39 is 0 Å². The third-order valence-electron chi connectivity index (χ3n) is 4.79. The summed E-state index contributed by atoms with van der Waals surface area (Å²) < 4.78 is 10.9. The molecule has 5 nitrogen and oxygen atoms in total. The Morgan fingerprint density at radius 2 is 2.00 bits per heavy atom. The highest BCUT2D eigenvalue weighted by Crippen LogP contribution is 2.53. The lowest BCUT2D eigenvalue weighted by atomic mass is 9.92. The van der Waals surface area contributed by atoms with E-state index in [1.165, 1.54) is 19.3 Å². The van der Waals surface area contributed by atoms with Gasteiger partial charge in [-0.2, -0.15) is 0 Å². The Morgan fingerprint density at radius 1 is 1.32 bits per heavy atom. The maximum absolute atomic E-state index is 11.1. The normalized spacial score (nSPS) is 30.7. The van der Waals surface area contributed by atoms with Crippen LogP contribution in [0.2, 0.25) is 0 Å². The molecule has 0 radical (unpaired) electrons. The smallest absolute Gasteiger partial charge is 0.217 e. The number of piperidine rings is 1. The fraction of sp³-hybridized carbons (Fsp3) is 0.929. The zero-order chi connectivity index (χ0) is 13.3. The van der Waals surface area contributed by atoms with Crippen molar-refractivity contribution in [1.82, 2.24) is 10.2 Å². The van der Waals surface area contributed by atoms with Crippen LogP contribution in [0.25, 0.3) is 0 Å². The summed E-state index contributed by atoms with van der Waals surface area (Å²) in [7, 11) is 0. The van der Waals surface area contributed by atoms with Crippen LogP contribution in [0, 0.1) is 5.41 Å². The van der Waals surface area contributed by atoms with Gasteiger partial charge in [0.25, 0.3) is 0 Å². The fourth-order valence-corrected chi connectivity index (χ4v) is 3.43. The number of nitrogens with one attached hydrogen (secondary N) is 1. The van der Waals surface area contributed by atoms with Crippen molar-refractivity contribution in [2.75, 3.05) is 32.8 Å².